The lowest BCUT2D eigenvalue weighted by molar-refractivity contribution is 0.278. The van der Waals surface area contributed by atoms with Crippen molar-refractivity contribution in [3.05, 3.63) is 58.1 Å². The van der Waals surface area contributed by atoms with Gasteiger partial charge in [0, 0.05) is 31.2 Å². The van der Waals surface area contributed by atoms with Crippen LogP contribution in [0, 0.1) is 0 Å². The highest BCUT2D eigenvalue weighted by atomic mass is 35.5. The second-order valence-corrected chi connectivity index (χ2v) is 9.21. The normalized spacial score (nSPS) is 16.9. The molecule has 0 unspecified atom stereocenters. The van der Waals surface area contributed by atoms with Gasteiger partial charge in [0.15, 0.2) is 0 Å². The van der Waals surface area contributed by atoms with Crippen molar-refractivity contribution in [1.82, 2.24) is 9.21 Å². The average molecular weight is 429 g/mol. The van der Waals surface area contributed by atoms with E-state index in [1.54, 1.807) is 13.2 Å². The van der Waals surface area contributed by atoms with Gasteiger partial charge in [-0.25, -0.2) is 8.42 Å². The minimum atomic E-state index is -3.67. The van der Waals surface area contributed by atoms with E-state index in [0.29, 0.717) is 24.7 Å². The van der Waals surface area contributed by atoms with Crippen molar-refractivity contribution >= 4 is 33.2 Å². The van der Waals surface area contributed by atoms with Gasteiger partial charge in [-0.1, -0.05) is 35.3 Å². The highest BCUT2D eigenvalue weighted by Gasteiger charge is 2.29. The van der Waals surface area contributed by atoms with E-state index in [4.69, 9.17) is 27.9 Å². The van der Waals surface area contributed by atoms with Crippen molar-refractivity contribution in [3.8, 4) is 5.75 Å². The van der Waals surface area contributed by atoms with Crippen LogP contribution in [0.4, 0.5) is 0 Å². The Balaban J connectivity index is 1.69. The van der Waals surface area contributed by atoms with Crippen LogP contribution in [0.15, 0.2) is 47.4 Å². The molecule has 0 radical (unpaired) electrons. The Bertz CT molecular complexity index is 888. The van der Waals surface area contributed by atoms with Crippen LogP contribution in [0.25, 0.3) is 0 Å². The third-order valence-electron chi connectivity index (χ3n) is 4.62. The maximum absolute atomic E-state index is 13.0. The third-order valence-corrected chi connectivity index (χ3v) is 7.24. The second-order valence-electron chi connectivity index (χ2n) is 6.46. The Hall–Kier alpha value is -1.31. The average Bonchev–Trinajstić information content (AvgIpc) is 2.90. The summed E-state index contributed by atoms with van der Waals surface area (Å²) in [4.78, 5) is 2.33. The summed E-state index contributed by atoms with van der Waals surface area (Å²) in [6.45, 7) is 3.15. The molecule has 0 aliphatic carbocycles. The Labute approximate surface area is 170 Å². The highest BCUT2D eigenvalue weighted by Crippen LogP contribution is 2.28. The molecule has 3 rings (SSSR count). The molecule has 0 bridgehead atoms. The summed E-state index contributed by atoms with van der Waals surface area (Å²) in [6.07, 6.45) is 0.758. The molecule has 0 amide bonds. The number of ether oxygens (including phenoxy) is 1. The Kier molecular flexibility index (Phi) is 6.65. The van der Waals surface area contributed by atoms with Gasteiger partial charge in [-0.2, -0.15) is 4.31 Å². The van der Waals surface area contributed by atoms with E-state index >= 15 is 0 Å². The summed E-state index contributed by atoms with van der Waals surface area (Å²) in [5.41, 5.74) is 1.17. The molecule has 27 heavy (non-hydrogen) atoms. The van der Waals surface area contributed by atoms with Crippen molar-refractivity contribution in [3.63, 3.8) is 0 Å². The zero-order valence-electron chi connectivity index (χ0n) is 15.1. The summed E-state index contributed by atoms with van der Waals surface area (Å²) in [7, 11) is -2.03. The molecule has 1 saturated heterocycles. The fourth-order valence-corrected chi connectivity index (χ4v) is 5.36. The first kappa shape index (κ1) is 20.4. The summed E-state index contributed by atoms with van der Waals surface area (Å²) in [5.74, 6) is 0.824. The quantitative estimate of drug-likeness (QED) is 0.724. The van der Waals surface area contributed by atoms with Gasteiger partial charge in [0.1, 0.15) is 10.6 Å². The molecule has 0 aromatic heterocycles. The van der Waals surface area contributed by atoms with Crippen LogP contribution in [0.1, 0.15) is 12.0 Å². The number of hydrogen-bond donors (Lipinski definition) is 0. The van der Waals surface area contributed by atoms with E-state index < -0.39 is 10.0 Å². The Morgan fingerprint density at radius 2 is 1.74 bits per heavy atom. The Morgan fingerprint density at radius 3 is 2.44 bits per heavy atom. The third kappa shape index (κ3) is 4.95. The molecular formula is C19H22Cl2N2O3S. The second kappa shape index (κ2) is 8.80. The lowest BCUT2D eigenvalue weighted by Crippen LogP contribution is -2.35. The maximum Gasteiger partial charge on any atom is 0.244 e. The van der Waals surface area contributed by atoms with Crippen LogP contribution >= 0.6 is 23.2 Å². The first-order valence-corrected chi connectivity index (χ1v) is 10.9. The van der Waals surface area contributed by atoms with Crippen molar-refractivity contribution in [2.75, 3.05) is 33.3 Å². The molecule has 5 nitrogen and oxygen atoms in total. The molecule has 0 atom stereocenters. The van der Waals surface area contributed by atoms with Gasteiger partial charge in [-0.05, 0) is 48.9 Å². The largest absolute Gasteiger partial charge is 0.497 e. The van der Waals surface area contributed by atoms with E-state index in [-0.39, 0.29) is 9.92 Å². The first-order valence-electron chi connectivity index (χ1n) is 8.70. The minimum absolute atomic E-state index is 0.0697. The van der Waals surface area contributed by atoms with Gasteiger partial charge in [0.2, 0.25) is 10.0 Å². The molecule has 1 aliphatic rings. The molecule has 2 aromatic carbocycles. The molecule has 0 saturated carbocycles. The van der Waals surface area contributed by atoms with E-state index in [0.717, 1.165) is 25.3 Å². The smallest absolute Gasteiger partial charge is 0.244 e. The van der Waals surface area contributed by atoms with Crippen LogP contribution in [0.2, 0.25) is 10.0 Å². The number of hydrogen-bond acceptors (Lipinski definition) is 4. The molecule has 1 fully saturated rings. The molecule has 1 aliphatic heterocycles. The zero-order valence-corrected chi connectivity index (χ0v) is 17.4. The van der Waals surface area contributed by atoms with Crippen LogP contribution < -0.4 is 4.74 Å². The first-order chi connectivity index (χ1) is 12.9. The van der Waals surface area contributed by atoms with Crippen molar-refractivity contribution < 1.29 is 13.2 Å². The fourth-order valence-electron chi connectivity index (χ4n) is 3.15. The molecule has 2 aromatic rings. The summed E-state index contributed by atoms with van der Waals surface area (Å²) in [5, 5.41) is 0.549. The molecule has 0 N–H and O–H groups in total. The van der Waals surface area contributed by atoms with Crippen molar-refractivity contribution in [2.45, 2.75) is 17.9 Å². The number of rotatable bonds is 5. The minimum Gasteiger partial charge on any atom is -0.497 e. The lowest BCUT2D eigenvalue weighted by atomic mass is 10.2. The van der Waals surface area contributed by atoms with E-state index in [9.17, 15) is 8.42 Å². The molecule has 0 spiro atoms. The molecule has 1 heterocycles. The van der Waals surface area contributed by atoms with Crippen LogP contribution in [0.5, 0.6) is 5.75 Å². The fraction of sp³-hybridized carbons (Fsp3) is 0.368. The monoisotopic (exact) mass is 428 g/mol. The summed E-state index contributed by atoms with van der Waals surface area (Å²) in [6, 6.07) is 12.5. The van der Waals surface area contributed by atoms with Gasteiger partial charge in [-0.3, -0.25) is 4.90 Å². The lowest BCUT2D eigenvalue weighted by Gasteiger charge is -2.22. The SMILES string of the molecule is COc1ccc(CN2CCCN(S(=O)(=O)c3cc(Cl)ccc3Cl)CC2)cc1. The highest BCUT2D eigenvalue weighted by molar-refractivity contribution is 7.89. The van der Waals surface area contributed by atoms with E-state index in [2.05, 4.69) is 4.90 Å². The molecular weight excluding hydrogens is 407 g/mol. The summed E-state index contributed by atoms with van der Waals surface area (Å²) >= 11 is 12.1. The molecule has 146 valence electrons. The van der Waals surface area contributed by atoms with Gasteiger partial charge in [0.25, 0.3) is 0 Å². The van der Waals surface area contributed by atoms with Gasteiger partial charge < -0.3 is 4.74 Å². The number of methoxy groups -OCH3 is 1. The standard InChI is InChI=1S/C19H22Cl2N2O3S/c1-26-17-6-3-15(4-7-17)14-22-9-2-10-23(12-11-22)27(24,25)19-13-16(20)5-8-18(19)21/h3-8,13H,2,9-12,14H2,1H3. The van der Waals surface area contributed by atoms with E-state index in [1.165, 1.54) is 22.0 Å². The van der Waals surface area contributed by atoms with Gasteiger partial charge in [0.05, 0.1) is 12.1 Å². The number of benzene rings is 2. The topological polar surface area (TPSA) is 49.9 Å². The zero-order chi connectivity index (χ0) is 19.4. The van der Waals surface area contributed by atoms with Crippen LogP contribution in [-0.2, 0) is 16.6 Å². The predicted octanol–water partition coefficient (Wildman–Crippen LogP) is 3.90. The van der Waals surface area contributed by atoms with Crippen molar-refractivity contribution in [2.24, 2.45) is 0 Å². The van der Waals surface area contributed by atoms with Gasteiger partial charge in [-0.15, -0.1) is 0 Å². The van der Waals surface area contributed by atoms with Crippen LogP contribution in [0.3, 0.4) is 0 Å². The van der Waals surface area contributed by atoms with Crippen molar-refractivity contribution in [1.29, 1.82) is 0 Å². The van der Waals surface area contributed by atoms with Crippen LogP contribution in [-0.4, -0.2) is 50.9 Å². The summed E-state index contributed by atoms with van der Waals surface area (Å²) < 4.78 is 32.7. The Morgan fingerprint density at radius 1 is 1.00 bits per heavy atom. The molecule has 8 heteroatoms. The number of nitrogens with zero attached hydrogens (tertiary/aromatic N) is 2. The number of halogens is 2. The van der Waals surface area contributed by atoms with E-state index in [1.807, 2.05) is 24.3 Å². The maximum atomic E-state index is 13.0. The number of sulfonamides is 1. The van der Waals surface area contributed by atoms with Gasteiger partial charge >= 0.3 is 0 Å². The predicted molar refractivity (Wildman–Crippen MR) is 108 cm³/mol.